The molecule has 0 aromatic rings. The third-order valence-electron chi connectivity index (χ3n) is 12.3. The van der Waals surface area contributed by atoms with E-state index in [0.717, 1.165) is 0 Å². The van der Waals surface area contributed by atoms with E-state index < -0.39 is 96.0 Å². The lowest BCUT2D eigenvalue weighted by molar-refractivity contribution is -0.322. The normalized spacial score (nSPS) is 41.3. The number of allylic oxidation sites excluding steroid dienone is 8. The highest BCUT2D eigenvalue weighted by atomic mass is 16.7. The summed E-state index contributed by atoms with van der Waals surface area (Å²) in [4.78, 5) is 52.2. The number of fused-ring (bicyclic) bond motifs is 4. The first-order chi connectivity index (χ1) is 28.3. The fourth-order valence-corrected chi connectivity index (χ4v) is 7.82. The van der Waals surface area contributed by atoms with Crippen LogP contribution in [0.25, 0.3) is 0 Å². The molecule has 0 saturated carbocycles. The summed E-state index contributed by atoms with van der Waals surface area (Å²) in [5, 5.41) is 66.0. The third kappa shape index (κ3) is 15.1. The van der Waals surface area contributed by atoms with Crippen LogP contribution >= 0.6 is 0 Å². The maximum atomic E-state index is 13.1. The Morgan fingerprint density at radius 1 is 0.483 bits per heavy atom. The van der Waals surface area contributed by atoms with Gasteiger partial charge >= 0.3 is 11.9 Å². The van der Waals surface area contributed by atoms with Gasteiger partial charge in [0.05, 0.1) is 36.6 Å². The van der Waals surface area contributed by atoms with E-state index in [0.29, 0.717) is 77.0 Å². The Balaban J connectivity index is 1.67. The zero-order valence-corrected chi connectivity index (χ0v) is 36.4. The number of rotatable bonds is 0. The van der Waals surface area contributed by atoms with Crippen LogP contribution in [0.5, 0.6) is 0 Å². The third-order valence-corrected chi connectivity index (χ3v) is 12.3. The summed E-state index contributed by atoms with van der Waals surface area (Å²) >= 11 is 0. The number of ether oxygens (including phenoxy) is 4. The van der Waals surface area contributed by atoms with Gasteiger partial charge in [-0.1, -0.05) is 76.3 Å². The maximum Gasteiger partial charge on any atom is 0.340 e. The van der Waals surface area contributed by atoms with Gasteiger partial charge in [0.15, 0.2) is 0 Å². The van der Waals surface area contributed by atoms with Crippen molar-refractivity contribution in [1.29, 1.82) is 0 Å². The van der Waals surface area contributed by atoms with E-state index >= 15 is 0 Å². The molecule has 0 amide bonds. The molecule has 2 unspecified atom stereocenters. The van der Waals surface area contributed by atoms with Crippen LogP contribution in [0.2, 0.25) is 0 Å². The van der Waals surface area contributed by atoms with Gasteiger partial charge in [-0.05, 0) is 90.9 Å². The van der Waals surface area contributed by atoms with E-state index in [2.05, 4.69) is 0 Å². The Labute approximate surface area is 355 Å². The molecule has 60 heavy (non-hydrogen) atoms. The van der Waals surface area contributed by atoms with Crippen molar-refractivity contribution in [3.8, 4) is 0 Å². The molecule has 0 aromatic carbocycles. The van der Waals surface area contributed by atoms with Crippen LogP contribution in [0, 0.1) is 23.7 Å². The number of hydrogen-bond donors (Lipinski definition) is 6. The average Bonchev–Trinajstić information content (AvgIpc) is 3.20. The van der Waals surface area contributed by atoms with Crippen LogP contribution in [0.3, 0.4) is 0 Å². The van der Waals surface area contributed by atoms with Gasteiger partial charge in [-0.2, -0.15) is 0 Å². The molecule has 2 saturated heterocycles. The van der Waals surface area contributed by atoms with Crippen LogP contribution in [-0.4, -0.2) is 115 Å². The van der Waals surface area contributed by atoms with Crippen molar-refractivity contribution >= 4 is 23.5 Å². The van der Waals surface area contributed by atoms with Crippen LogP contribution < -0.4 is 0 Å². The minimum absolute atomic E-state index is 0.124. The van der Waals surface area contributed by atoms with Gasteiger partial charge in [-0.3, -0.25) is 9.59 Å². The summed E-state index contributed by atoms with van der Waals surface area (Å²) in [6.07, 6.45) is 11.1. The van der Waals surface area contributed by atoms with Crippen molar-refractivity contribution in [2.45, 2.75) is 192 Å². The predicted octanol–water partition coefficient (Wildman–Crippen LogP) is 4.85. The molecule has 3 aliphatic rings. The zero-order valence-electron chi connectivity index (χ0n) is 36.4. The summed E-state index contributed by atoms with van der Waals surface area (Å²) < 4.78 is 22.7. The molecule has 6 N–H and O–H groups in total. The number of carbonyl (C=O) groups excluding carboxylic acids is 4. The second-order valence-corrected chi connectivity index (χ2v) is 17.3. The number of cyclic esters (lactones) is 2. The first-order valence-electron chi connectivity index (χ1n) is 21.9. The van der Waals surface area contributed by atoms with Gasteiger partial charge in [0, 0.05) is 36.5 Å². The lowest BCUT2D eigenvalue weighted by Gasteiger charge is -2.45. The molecule has 14 nitrogen and oxygen atoms in total. The van der Waals surface area contributed by atoms with Crippen molar-refractivity contribution in [3.63, 3.8) is 0 Å². The maximum absolute atomic E-state index is 13.1. The second kappa shape index (κ2) is 24.5. The fraction of sp³-hybridized carbons (Fsp3) is 0.739. The molecule has 3 heterocycles. The smallest absolute Gasteiger partial charge is 0.340 e. The SMILES string of the molecule is C[C@@H]1C(=O)C[C@@H](O)CC/C=C/C=CCC[C@H](C)OC(=O)C(O)[C@]2(O)O[C@@H](CC[C@H]2C)[C@H](C)C(=O)C[C@@H](O)CC/C=C/C=CCC[C@H](C)OC(=O)C(O)[C@]2(O)O[C@H]1CC[C@H]2C. The van der Waals surface area contributed by atoms with E-state index in [-0.39, 0.29) is 24.4 Å². The fourth-order valence-electron chi connectivity index (χ4n) is 7.82. The van der Waals surface area contributed by atoms with Gasteiger partial charge in [0.2, 0.25) is 23.8 Å². The second-order valence-electron chi connectivity index (χ2n) is 17.3. The average molecular weight is 849 g/mol. The zero-order chi connectivity index (χ0) is 44.6. The Hall–Kier alpha value is -3.08. The van der Waals surface area contributed by atoms with Crippen molar-refractivity contribution < 1.29 is 68.8 Å². The van der Waals surface area contributed by atoms with Crippen LogP contribution in [0.15, 0.2) is 48.6 Å². The summed E-state index contributed by atoms with van der Waals surface area (Å²) in [6.45, 7) is 9.96. The summed E-state index contributed by atoms with van der Waals surface area (Å²) in [7, 11) is 0. The number of ketones is 2. The summed E-state index contributed by atoms with van der Waals surface area (Å²) in [6, 6.07) is 0. The summed E-state index contributed by atoms with van der Waals surface area (Å²) in [5.41, 5.74) is 0. The molecule has 14 heteroatoms. The Morgan fingerprint density at radius 3 is 1.13 bits per heavy atom. The highest BCUT2D eigenvalue weighted by Gasteiger charge is 2.53. The first kappa shape index (κ1) is 51.3. The molecule has 14 atom stereocenters. The lowest BCUT2D eigenvalue weighted by atomic mass is 9.82. The minimum Gasteiger partial charge on any atom is -0.461 e. The molecule has 0 aromatic heterocycles. The molecule has 0 aliphatic carbocycles. The first-order valence-corrected chi connectivity index (χ1v) is 21.9. The summed E-state index contributed by atoms with van der Waals surface area (Å²) in [5.74, 6) is -9.77. The van der Waals surface area contributed by atoms with Gasteiger partial charge in [0.25, 0.3) is 0 Å². The Kier molecular flexibility index (Phi) is 21.0. The van der Waals surface area contributed by atoms with E-state index in [4.69, 9.17) is 18.9 Å². The number of esters is 2. The molecule has 2 fully saturated rings. The number of carbonyl (C=O) groups is 4. The van der Waals surface area contributed by atoms with Gasteiger partial charge in [-0.25, -0.2) is 9.59 Å². The predicted molar refractivity (Wildman–Crippen MR) is 223 cm³/mol. The van der Waals surface area contributed by atoms with Crippen molar-refractivity contribution in [2.24, 2.45) is 23.7 Å². The molecule has 0 spiro atoms. The lowest BCUT2D eigenvalue weighted by Crippen LogP contribution is -2.59. The molecule has 340 valence electrons. The highest BCUT2D eigenvalue weighted by Crippen LogP contribution is 2.39. The van der Waals surface area contributed by atoms with Gasteiger partial charge < -0.3 is 49.6 Å². The van der Waals surface area contributed by atoms with Crippen LogP contribution in [0.4, 0.5) is 0 Å². The number of aliphatic hydroxyl groups excluding tert-OH is 4. The number of aliphatic hydroxyl groups is 6. The molecular formula is C46H72O14. The minimum atomic E-state index is -2.26. The van der Waals surface area contributed by atoms with Crippen molar-refractivity contribution in [3.05, 3.63) is 48.6 Å². The molecule has 0 radical (unpaired) electrons. The van der Waals surface area contributed by atoms with Gasteiger partial charge in [0.1, 0.15) is 11.6 Å². The van der Waals surface area contributed by atoms with Gasteiger partial charge in [-0.15, -0.1) is 0 Å². The molecular weight excluding hydrogens is 776 g/mol. The van der Waals surface area contributed by atoms with Crippen molar-refractivity contribution in [1.82, 2.24) is 0 Å². The van der Waals surface area contributed by atoms with E-state index in [1.54, 1.807) is 53.7 Å². The molecule has 3 aliphatic heterocycles. The highest BCUT2D eigenvalue weighted by molar-refractivity contribution is 5.82. The van der Waals surface area contributed by atoms with Crippen molar-refractivity contribution in [2.75, 3.05) is 0 Å². The standard InChI is InChI=1S/C46H72O14/c1-29-23-25-39-33(5)37(49)27-35(47)21-17-13-10-8-12-16-20-32(4)58-44(54)42(52)46(56)30(2)24-26-40(60-46)34(6)38(50)28-36(48)22-18-14-9-7-11-15-19-31(3)57-43(53)41(51)45(29,55)59-39/h7-14,29-36,39-42,47-48,51-52,55-56H,15-28H2,1-6H3/b11-7?,12-8?,13-10+,14-9+/t29-,30-,31+,32+,33-,34-,35+,36+,39+,40+,41?,42?,45-,46-/m1/s1. The van der Waals surface area contributed by atoms with E-state index in [1.807, 2.05) is 36.5 Å². The number of Topliss-reactive ketones (excluding diaryl/α,β-unsaturated/α-hetero) is 2. The van der Waals surface area contributed by atoms with E-state index in [1.165, 1.54) is 0 Å². The molecule has 3 rings (SSSR count). The van der Waals surface area contributed by atoms with E-state index in [9.17, 15) is 49.8 Å². The molecule has 4 bridgehead atoms. The largest absolute Gasteiger partial charge is 0.461 e. The topological polar surface area (TPSA) is 227 Å². The quantitative estimate of drug-likeness (QED) is 0.179. The van der Waals surface area contributed by atoms with Crippen LogP contribution in [0.1, 0.15) is 131 Å². The number of hydrogen-bond acceptors (Lipinski definition) is 14. The Morgan fingerprint density at radius 2 is 0.800 bits per heavy atom. The Bertz CT molecular complexity index is 1400. The monoisotopic (exact) mass is 848 g/mol. The van der Waals surface area contributed by atoms with Crippen LogP contribution in [-0.2, 0) is 38.1 Å².